The second kappa shape index (κ2) is 7.47. The first-order chi connectivity index (χ1) is 9.85. The van der Waals surface area contributed by atoms with E-state index in [9.17, 15) is 14.0 Å². The summed E-state index contributed by atoms with van der Waals surface area (Å²) in [6.07, 6.45) is -0.137. The Bertz CT molecular complexity index is 522. The zero-order valence-corrected chi connectivity index (χ0v) is 12.2. The lowest BCUT2D eigenvalue weighted by atomic mass is 10.1. The number of carbonyl (C=O) groups is 2. The zero-order valence-electron chi connectivity index (χ0n) is 12.2. The molecule has 0 spiro atoms. The first kappa shape index (κ1) is 16.7. The lowest BCUT2D eigenvalue weighted by molar-refractivity contribution is -0.137. The van der Waals surface area contributed by atoms with E-state index in [4.69, 9.17) is 9.84 Å². The Morgan fingerprint density at radius 2 is 2.14 bits per heavy atom. The van der Waals surface area contributed by atoms with E-state index in [0.717, 1.165) is 0 Å². The Labute approximate surface area is 122 Å². The van der Waals surface area contributed by atoms with Gasteiger partial charge in [-0.2, -0.15) is 0 Å². The Kier molecular flexibility index (Phi) is 5.95. The van der Waals surface area contributed by atoms with Crippen LogP contribution in [-0.4, -0.2) is 42.7 Å². The highest BCUT2D eigenvalue weighted by atomic mass is 19.1. The number of amides is 2. The molecule has 2 N–H and O–H groups in total. The maximum absolute atomic E-state index is 13.3. The zero-order chi connectivity index (χ0) is 16.0. The molecule has 0 radical (unpaired) electrons. The van der Waals surface area contributed by atoms with Crippen LogP contribution in [0.2, 0.25) is 0 Å². The van der Waals surface area contributed by atoms with Gasteiger partial charge in [0.15, 0.2) is 0 Å². The van der Waals surface area contributed by atoms with Crippen LogP contribution in [0.3, 0.4) is 0 Å². The van der Waals surface area contributed by atoms with Crippen LogP contribution in [0, 0.1) is 5.82 Å². The minimum atomic E-state index is -0.977. The van der Waals surface area contributed by atoms with E-state index in [1.807, 2.05) is 0 Å². The van der Waals surface area contributed by atoms with E-state index in [1.54, 1.807) is 6.92 Å². The van der Waals surface area contributed by atoms with E-state index in [2.05, 4.69) is 5.32 Å². The van der Waals surface area contributed by atoms with Crippen molar-refractivity contribution in [3.63, 3.8) is 0 Å². The van der Waals surface area contributed by atoms with Gasteiger partial charge in [-0.3, -0.25) is 4.79 Å². The van der Waals surface area contributed by atoms with Gasteiger partial charge in [0.1, 0.15) is 11.6 Å². The van der Waals surface area contributed by atoms with Gasteiger partial charge in [-0.15, -0.1) is 0 Å². The van der Waals surface area contributed by atoms with Crippen molar-refractivity contribution in [2.24, 2.45) is 0 Å². The third kappa shape index (κ3) is 4.94. The summed E-state index contributed by atoms with van der Waals surface area (Å²) in [6.45, 7) is 1.79. The number of hydrogen-bond acceptors (Lipinski definition) is 3. The predicted octanol–water partition coefficient (Wildman–Crippen LogP) is 2.01. The summed E-state index contributed by atoms with van der Waals surface area (Å²) in [5.41, 5.74) is 0.512. The molecule has 0 saturated heterocycles. The normalized spacial score (nSPS) is 11.6. The fourth-order valence-electron chi connectivity index (χ4n) is 1.78. The number of ether oxygens (including phenoxy) is 1. The SMILES string of the molecule is COc1ccc(F)cc1C(C)NC(=O)N(C)CCC(=O)O. The number of nitrogens with one attached hydrogen (secondary N) is 1. The summed E-state index contributed by atoms with van der Waals surface area (Å²) in [7, 11) is 2.96. The predicted molar refractivity (Wildman–Crippen MR) is 74.8 cm³/mol. The van der Waals surface area contributed by atoms with Crippen molar-refractivity contribution in [3.05, 3.63) is 29.6 Å². The van der Waals surface area contributed by atoms with E-state index in [1.165, 1.54) is 37.3 Å². The molecule has 0 heterocycles. The van der Waals surface area contributed by atoms with E-state index in [0.29, 0.717) is 11.3 Å². The number of carboxylic acid groups (broad SMARTS) is 1. The maximum Gasteiger partial charge on any atom is 0.317 e. The van der Waals surface area contributed by atoms with Crippen LogP contribution >= 0.6 is 0 Å². The molecule has 1 atom stereocenters. The van der Waals surface area contributed by atoms with Gasteiger partial charge in [-0.25, -0.2) is 9.18 Å². The number of methoxy groups -OCH3 is 1. The van der Waals surface area contributed by atoms with Crippen LogP contribution in [0.4, 0.5) is 9.18 Å². The van der Waals surface area contributed by atoms with Crippen LogP contribution in [0.1, 0.15) is 24.9 Å². The fraction of sp³-hybridized carbons (Fsp3) is 0.429. The molecule has 6 nitrogen and oxygen atoms in total. The van der Waals surface area contributed by atoms with Crippen LogP contribution < -0.4 is 10.1 Å². The number of rotatable bonds is 6. The van der Waals surface area contributed by atoms with Gasteiger partial charge in [0.05, 0.1) is 19.6 Å². The highest BCUT2D eigenvalue weighted by Crippen LogP contribution is 2.25. The maximum atomic E-state index is 13.3. The summed E-state index contributed by atoms with van der Waals surface area (Å²) in [4.78, 5) is 23.6. The molecule has 0 bridgehead atoms. The van der Waals surface area contributed by atoms with E-state index in [-0.39, 0.29) is 13.0 Å². The average molecular weight is 298 g/mol. The van der Waals surface area contributed by atoms with Gasteiger partial charge >= 0.3 is 12.0 Å². The molecule has 0 fully saturated rings. The van der Waals surface area contributed by atoms with Crippen LogP contribution in [-0.2, 0) is 4.79 Å². The van der Waals surface area contributed by atoms with Gasteiger partial charge in [-0.05, 0) is 25.1 Å². The molecule has 21 heavy (non-hydrogen) atoms. The van der Waals surface area contributed by atoms with E-state index < -0.39 is 23.9 Å². The second-order valence-electron chi connectivity index (χ2n) is 4.62. The number of benzene rings is 1. The van der Waals surface area contributed by atoms with Crippen LogP contribution in [0.25, 0.3) is 0 Å². The Morgan fingerprint density at radius 3 is 2.71 bits per heavy atom. The standard InChI is InChI=1S/C14H19FN2O4/c1-9(11-8-10(15)4-5-12(11)21-3)16-14(20)17(2)7-6-13(18)19/h4-5,8-9H,6-7H2,1-3H3,(H,16,20)(H,18,19). The first-order valence-electron chi connectivity index (χ1n) is 6.42. The number of aliphatic carboxylic acids is 1. The molecule has 116 valence electrons. The number of carboxylic acids is 1. The molecule has 7 heteroatoms. The summed E-state index contributed by atoms with van der Waals surface area (Å²) in [6, 6.07) is 3.14. The number of hydrogen-bond donors (Lipinski definition) is 2. The lowest BCUT2D eigenvalue weighted by Crippen LogP contribution is -2.39. The van der Waals surface area contributed by atoms with E-state index >= 15 is 0 Å². The molecule has 0 aliphatic carbocycles. The molecule has 2 amide bonds. The summed E-state index contributed by atoms with van der Waals surface area (Å²) in [5, 5.41) is 11.3. The van der Waals surface area contributed by atoms with Crippen molar-refractivity contribution < 1.29 is 23.8 Å². The van der Waals surface area contributed by atoms with Gasteiger partial charge in [0.25, 0.3) is 0 Å². The third-order valence-corrected chi connectivity index (χ3v) is 3.01. The molecule has 1 unspecified atom stereocenters. The van der Waals surface area contributed by atoms with Crippen molar-refractivity contribution in [2.45, 2.75) is 19.4 Å². The van der Waals surface area contributed by atoms with Gasteiger partial charge in [0.2, 0.25) is 0 Å². The van der Waals surface area contributed by atoms with Gasteiger partial charge < -0.3 is 20.1 Å². The Morgan fingerprint density at radius 1 is 1.48 bits per heavy atom. The van der Waals surface area contributed by atoms with Crippen molar-refractivity contribution in [1.29, 1.82) is 0 Å². The van der Waals surface area contributed by atoms with Crippen molar-refractivity contribution >= 4 is 12.0 Å². The van der Waals surface area contributed by atoms with Gasteiger partial charge in [0, 0.05) is 19.2 Å². The highest BCUT2D eigenvalue weighted by Gasteiger charge is 2.17. The third-order valence-electron chi connectivity index (χ3n) is 3.01. The molecule has 0 aliphatic heterocycles. The Hall–Kier alpha value is -2.31. The molecular weight excluding hydrogens is 279 g/mol. The highest BCUT2D eigenvalue weighted by molar-refractivity contribution is 5.75. The molecule has 1 aromatic rings. The summed E-state index contributed by atoms with van der Waals surface area (Å²) >= 11 is 0. The smallest absolute Gasteiger partial charge is 0.317 e. The summed E-state index contributed by atoms with van der Waals surface area (Å²) < 4.78 is 18.4. The second-order valence-corrected chi connectivity index (χ2v) is 4.62. The molecule has 1 aromatic carbocycles. The first-order valence-corrected chi connectivity index (χ1v) is 6.42. The molecule has 0 saturated carbocycles. The minimum absolute atomic E-state index is 0.0914. The number of halogens is 1. The number of nitrogens with zero attached hydrogens (tertiary/aromatic N) is 1. The quantitative estimate of drug-likeness (QED) is 0.842. The average Bonchev–Trinajstić information content (AvgIpc) is 2.44. The van der Waals surface area contributed by atoms with Crippen LogP contribution in [0.15, 0.2) is 18.2 Å². The topological polar surface area (TPSA) is 78.9 Å². The van der Waals surface area contributed by atoms with Crippen molar-refractivity contribution in [1.82, 2.24) is 10.2 Å². The van der Waals surface area contributed by atoms with Crippen molar-refractivity contribution in [2.75, 3.05) is 20.7 Å². The largest absolute Gasteiger partial charge is 0.496 e. The minimum Gasteiger partial charge on any atom is -0.496 e. The fourth-order valence-corrected chi connectivity index (χ4v) is 1.78. The van der Waals surface area contributed by atoms with Crippen LogP contribution in [0.5, 0.6) is 5.75 Å². The molecular formula is C14H19FN2O4. The molecule has 0 aromatic heterocycles. The monoisotopic (exact) mass is 298 g/mol. The summed E-state index contributed by atoms with van der Waals surface area (Å²) in [5.74, 6) is -0.932. The molecule has 1 rings (SSSR count). The molecule has 0 aliphatic rings. The number of carbonyl (C=O) groups excluding carboxylic acids is 1. The Balaban J connectivity index is 2.72. The number of urea groups is 1. The van der Waals surface area contributed by atoms with Crippen molar-refractivity contribution in [3.8, 4) is 5.75 Å². The van der Waals surface area contributed by atoms with Gasteiger partial charge in [-0.1, -0.05) is 0 Å². The lowest BCUT2D eigenvalue weighted by Gasteiger charge is -2.22.